The molecule has 0 saturated heterocycles. The zero-order chi connectivity index (χ0) is 18.5. The second kappa shape index (κ2) is 5.81. The van der Waals surface area contributed by atoms with Crippen LogP contribution in [0, 0.1) is 0 Å². The molecule has 0 amide bonds. The van der Waals surface area contributed by atoms with Gasteiger partial charge in [0.15, 0.2) is 16.9 Å². The van der Waals surface area contributed by atoms with Gasteiger partial charge in [-0.2, -0.15) is 0 Å². The van der Waals surface area contributed by atoms with Crippen LogP contribution in [0.4, 0.5) is 0 Å². The Kier molecular flexibility index (Phi) is 3.91. The van der Waals surface area contributed by atoms with Crippen LogP contribution in [0.1, 0.15) is 20.1 Å². The van der Waals surface area contributed by atoms with Gasteiger partial charge >= 0.3 is 11.7 Å². The molecule has 3 rings (SSSR count). The number of aromatic nitrogens is 4. The van der Waals surface area contributed by atoms with E-state index in [1.54, 1.807) is 6.92 Å². The van der Waals surface area contributed by atoms with Gasteiger partial charge in [-0.3, -0.25) is 28.1 Å². The SMILES string of the molecule is CC(=O)OC1=CC(C)OC(n2cnc3c2c(=O)n(C)c(=O)n3C)C1=O. The van der Waals surface area contributed by atoms with E-state index in [2.05, 4.69) is 4.98 Å². The summed E-state index contributed by atoms with van der Waals surface area (Å²) in [5.74, 6) is -1.41. The van der Waals surface area contributed by atoms with Gasteiger partial charge in [-0.1, -0.05) is 0 Å². The van der Waals surface area contributed by atoms with Crippen molar-refractivity contribution in [2.24, 2.45) is 14.1 Å². The molecule has 10 nitrogen and oxygen atoms in total. The fourth-order valence-electron chi connectivity index (χ4n) is 2.69. The summed E-state index contributed by atoms with van der Waals surface area (Å²) in [4.78, 5) is 52.3. The van der Waals surface area contributed by atoms with Crippen LogP contribution in [0.25, 0.3) is 11.2 Å². The predicted octanol–water partition coefficient (Wildman–Crippen LogP) is -0.633. The van der Waals surface area contributed by atoms with E-state index in [0.717, 1.165) is 4.57 Å². The summed E-state index contributed by atoms with van der Waals surface area (Å²) in [6.07, 6.45) is 0.862. The summed E-state index contributed by atoms with van der Waals surface area (Å²) in [5.41, 5.74) is -0.976. The largest absolute Gasteiger partial charge is 0.423 e. The lowest BCUT2D eigenvalue weighted by atomic mass is 10.1. The second-order valence-electron chi connectivity index (χ2n) is 5.71. The Morgan fingerprint density at radius 1 is 1.24 bits per heavy atom. The number of Topliss-reactive ketones (excluding diaryl/α,β-unsaturated/α-hetero) is 1. The number of aryl methyl sites for hydroxylation is 1. The Labute approximate surface area is 140 Å². The lowest BCUT2D eigenvalue weighted by molar-refractivity contribution is -0.150. The minimum atomic E-state index is -1.23. The van der Waals surface area contributed by atoms with Gasteiger partial charge in [0, 0.05) is 21.0 Å². The van der Waals surface area contributed by atoms with Crippen molar-refractivity contribution >= 4 is 22.9 Å². The molecule has 10 heteroatoms. The molecule has 0 saturated carbocycles. The van der Waals surface area contributed by atoms with Gasteiger partial charge in [0.25, 0.3) is 5.56 Å². The van der Waals surface area contributed by atoms with Crippen molar-refractivity contribution in [1.29, 1.82) is 0 Å². The van der Waals surface area contributed by atoms with E-state index in [0.29, 0.717) is 0 Å². The molecule has 0 bridgehead atoms. The minimum absolute atomic E-state index is 0.0409. The van der Waals surface area contributed by atoms with Crippen LogP contribution < -0.4 is 11.2 Å². The van der Waals surface area contributed by atoms with Gasteiger partial charge < -0.3 is 9.47 Å². The average Bonchev–Trinajstić information content (AvgIpc) is 2.98. The first kappa shape index (κ1) is 16.8. The maximum Gasteiger partial charge on any atom is 0.332 e. The lowest BCUT2D eigenvalue weighted by Gasteiger charge is -2.26. The topological polar surface area (TPSA) is 114 Å². The maximum absolute atomic E-state index is 12.6. The number of ether oxygens (including phenoxy) is 2. The van der Waals surface area contributed by atoms with Gasteiger partial charge in [-0.15, -0.1) is 0 Å². The molecule has 0 aromatic carbocycles. The van der Waals surface area contributed by atoms with Crippen molar-refractivity contribution in [3.05, 3.63) is 39.0 Å². The highest BCUT2D eigenvalue weighted by Crippen LogP contribution is 2.26. The Bertz CT molecular complexity index is 1040. The van der Waals surface area contributed by atoms with Gasteiger partial charge in [-0.05, 0) is 13.0 Å². The third-order valence-corrected chi connectivity index (χ3v) is 3.88. The van der Waals surface area contributed by atoms with Gasteiger partial charge in [0.1, 0.15) is 6.33 Å². The molecule has 0 N–H and O–H groups in total. The van der Waals surface area contributed by atoms with E-state index in [-0.39, 0.29) is 16.9 Å². The first-order valence-electron chi connectivity index (χ1n) is 7.44. The van der Waals surface area contributed by atoms with Crippen LogP contribution in [0.3, 0.4) is 0 Å². The number of carbonyl (C=O) groups is 2. The van der Waals surface area contributed by atoms with Gasteiger partial charge in [-0.25, -0.2) is 9.78 Å². The lowest BCUT2D eigenvalue weighted by Crippen LogP contribution is -2.39. The Hall–Kier alpha value is -3.01. The van der Waals surface area contributed by atoms with Crippen LogP contribution in [-0.4, -0.2) is 36.5 Å². The Balaban J connectivity index is 2.19. The fourth-order valence-corrected chi connectivity index (χ4v) is 2.69. The third kappa shape index (κ3) is 2.60. The van der Waals surface area contributed by atoms with Crippen molar-refractivity contribution in [3.8, 4) is 0 Å². The predicted molar refractivity (Wildman–Crippen MR) is 84.7 cm³/mol. The molecule has 0 aliphatic carbocycles. The van der Waals surface area contributed by atoms with Gasteiger partial charge in [0.2, 0.25) is 12.0 Å². The summed E-state index contributed by atoms with van der Waals surface area (Å²) in [6, 6.07) is 0. The van der Waals surface area contributed by atoms with Crippen molar-refractivity contribution < 1.29 is 19.1 Å². The number of carbonyl (C=O) groups excluding carboxylic acids is 2. The van der Waals surface area contributed by atoms with E-state index >= 15 is 0 Å². The van der Waals surface area contributed by atoms with Crippen molar-refractivity contribution in [2.45, 2.75) is 26.2 Å². The highest BCUT2D eigenvalue weighted by Gasteiger charge is 2.35. The van der Waals surface area contributed by atoms with Crippen molar-refractivity contribution in [1.82, 2.24) is 18.7 Å². The van der Waals surface area contributed by atoms with Crippen LogP contribution in [0.15, 0.2) is 27.8 Å². The molecule has 0 radical (unpaired) electrons. The van der Waals surface area contributed by atoms with E-state index in [9.17, 15) is 19.2 Å². The monoisotopic (exact) mass is 348 g/mol. The highest BCUT2D eigenvalue weighted by molar-refractivity contribution is 5.98. The third-order valence-electron chi connectivity index (χ3n) is 3.88. The zero-order valence-corrected chi connectivity index (χ0v) is 14.0. The number of hydrogen-bond donors (Lipinski definition) is 0. The normalized spacial score (nSPS) is 20.6. The Morgan fingerprint density at radius 3 is 2.56 bits per heavy atom. The van der Waals surface area contributed by atoms with E-state index in [4.69, 9.17) is 9.47 Å². The molecule has 132 valence electrons. The number of nitrogens with zero attached hydrogens (tertiary/aromatic N) is 4. The average molecular weight is 348 g/mol. The molecule has 2 aromatic heterocycles. The molecular formula is C15H16N4O6. The van der Waals surface area contributed by atoms with E-state index in [1.165, 1.54) is 42.6 Å². The summed E-state index contributed by atoms with van der Waals surface area (Å²) in [5, 5.41) is 0. The van der Waals surface area contributed by atoms with Crippen LogP contribution >= 0.6 is 0 Å². The number of hydrogen-bond acceptors (Lipinski definition) is 7. The quantitative estimate of drug-likeness (QED) is 0.664. The molecule has 2 aromatic rings. The van der Waals surface area contributed by atoms with E-state index < -0.39 is 35.3 Å². The number of fused-ring (bicyclic) bond motifs is 1. The number of esters is 1. The minimum Gasteiger partial charge on any atom is -0.423 e. The molecular weight excluding hydrogens is 332 g/mol. The highest BCUT2D eigenvalue weighted by atomic mass is 16.6. The smallest absolute Gasteiger partial charge is 0.332 e. The van der Waals surface area contributed by atoms with Crippen LogP contribution in [-0.2, 0) is 33.2 Å². The van der Waals surface area contributed by atoms with Gasteiger partial charge in [0.05, 0.1) is 6.10 Å². The number of rotatable bonds is 2. The van der Waals surface area contributed by atoms with Crippen molar-refractivity contribution in [3.63, 3.8) is 0 Å². The first-order chi connectivity index (χ1) is 11.7. The molecule has 2 unspecified atom stereocenters. The second-order valence-corrected chi connectivity index (χ2v) is 5.71. The molecule has 0 fully saturated rings. The molecule has 3 heterocycles. The number of imidazole rings is 1. The Morgan fingerprint density at radius 2 is 1.92 bits per heavy atom. The molecule has 1 aliphatic heterocycles. The van der Waals surface area contributed by atoms with Crippen molar-refractivity contribution in [2.75, 3.05) is 0 Å². The van der Waals surface area contributed by atoms with Crippen LogP contribution in [0.5, 0.6) is 0 Å². The zero-order valence-electron chi connectivity index (χ0n) is 14.0. The molecule has 0 spiro atoms. The molecule has 2 atom stereocenters. The standard InChI is InChI=1S/C15H16N4O6/c1-7-5-9(25-8(2)20)11(21)14(24-7)19-6-16-12-10(19)13(22)18(4)15(23)17(12)3/h5-7,14H,1-4H3. The first-order valence-corrected chi connectivity index (χ1v) is 7.44. The fraction of sp³-hybridized carbons (Fsp3) is 0.400. The summed E-state index contributed by atoms with van der Waals surface area (Å²) < 4.78 is 13.9. The summed E-state index contributed by atoms with van der Waals surface area (Å²) in [7, 11) is 2.80. The summed E-state index contributed by atoms with van der Waals surface area (Å²) in [6.45, 7) is 2.84. The van der Waals surface area contributed by atoms with E-state index in [1.807, 2.05) is 0 Å². The maximum atomic E-state index is 12.6. The number of ketones is 1. The summed E-state index contributed by atoms with van der Waals surface area (Å²) >= 11 is 0. The molecule has 25 heavy (non-hydrogen) atoms. The van der Waals surface area contributed by atoms with Crippen LogP contribution in [0.2, 0.25) is 0 Å². The molecule has 1 aliphatic rings.